The summed E-state index contributed by atoms with van der Waals surface area (Å²) in [6.07, 6.45) is 3.34. The molecule has 48 valence electrons. The van der Waals surface area contributed by atoms with Crippen LogP contribution in [0.5, 0.6) is 0 Å². The third-order valence-corrected chi connectivity index (χ3v) is 1.69. The number of aliphatic hydroxyl groups excluding tert-OH is 1. The van der Waals surface area contributed by atoms with Gasteiger partial charge in [-0.25, -0.2) is 0 Å². The third kappa shape index (κ3) is 1.46. The first kappa shape index (κ1) is 6.05. The molecule has 1 rings (SSSR count). The quantitative estimate of drug-likeness (QED) is 0.548. The summed E-state index contributed by atoms with van der Waals surface area (Å²) < 4.78 is 0. The first-order valence-electron chi connectivity index (χ1n) is 3.21. The molecule has 1 fully saturated rings. The number of aliphatic hydroxyl groups is 1. The summed E-state index contributed by atoms with van der Waals surface area (Å²) in [5.74, 6) is 0.738. The van der Waals surface area contributed by atoms with Crippen molar-refractivity contribution >= 4 is 0 Å². The van der Waals surface area contributed by atoms with E-state index in [1.807, 2.05) is 0 Å². The fourth-order valence-electron chi connectivity index (χ4n) is 0.909. The van der Waals surface area contributed by atoms with Gasteiger partial charge in [0, 0.05) is 12.6 Å². The summed E-state index contributed by atoms with van der Waals surface area (Å²) >= 11 is 0. The average molecular weight is 115 g/mol. The molecule has 0 aromatic carbocycles. The molecule has 0 saturated heterocycles. The molecule has 1 saturated carbocycles. The van der Waals surface area contributed by atoms with Gasteiger partial charge in [-0.15, -0.1) is 0 Å². The van der Waals surface area contributed by atoms with E-state index in [0.29, 0.717) is 0 Å². The molecule has 8 heavy (non-hydrogen) atoms. The molecule has 0 unspecified atom stereocenters. The number of nitrogens with two attached hydrogens (primary N) is 1. The van der Waals surface area contributed by atoms with Crippen LogP contribution < -0.4 is 5.73 Å². The second kappa shape index (κ2) is 2.46. The average Bonchev–Trinajstić information content (AvgIpc) is 2.45. The van der Waals surface area contributed by atoms with E-state index in [4.69, 9.17) is 10.8 Å². The van der Waals surface area contributed by atoms with Crippen LogP contribution in [-0.2, 0) is 0 Å². The molecule has 0 heterocycles. The summed E-state index contributed by atoms with van der Waals surface area (Å²) in [5.41, 5.74) is 5.63. The molecule has 2 heteroatoms. The van der Waals surface area contributed by atoms with E-state index < -0.39 is 0 Å². The lowest BCUT2D eigenvalue weighted by atomic mass is 10.1. The van der Waals surface area contributed by atoms with Crippen molar-refractivity contribution in [3.63, 3.8) is 0 Å². The Balaban J connectivity index is 2.03. The van der Waals surface area contributed by atoms with Gasteiger partial charge in [-0.3, -0.25) is 0 Å². The lowest BCUT2D eigenvalue weighted by molar-refractivity contribution is 0.270. The minimum absolute atomic E-state index is 0.248. The molecular formula is C6H13NO. The highest BCUT2D eigenvalue weighted by atomic mass is 16.3. The highest BCUT2D eigenvalue weighted by molar-refractivity contribution is 4.83. The zero-order chi connectivity index (χ0) is 5.98. The van der Waals surface area contributed by atoms with Gasteiger partial charge in [0.05, 0.1) is 0 Å². The monoisotopic (exact) mass is 115 g/mol. The number of hydrogen-bond acceptors (Lipinski definition) is 2. The molecule has 0 bridgehead atoms. The molecule has 1 atom stereocenters. The van der Waals surface area contributed by atoms with Gasteiger partial charge in [-0.2, -0.15) is 0 Å². The van der Waals surface area contributed by atoms with Crippen LogP contribution in [-0.4, -0.2) is 17.8 Å². The van der Waals surface area contributed by atoms with Crippen LogP contribution in [0.2, 0.25) is 0 Å². The summed E-state index contributed by atoms with van der Waals surface area (Å²) in [5, 5.41) is 8.43. The minimum Gasteiger partial charge on any atom is -0.396 e. The van der Waals surface area contributed by atoms with Crippen LogP contribution in [0.25, 0.3) is 0 Å². The predicted molar refractivity (Wildman–Crippen MR) is 32.4 cm³/mol. The van der Waals surface area contributed by atoms with Crippen LogP contribution >= 0.6 is 0 Å². The van der Waals surface area contributed by atoms with Gasteiger partial charge in [0.15, 0.2) is 0 Å². The Bertz CT molecular complexity index is 70.9. The Kier molecular flexibility index (Phi) is 1.86. The van der Waals surface area contributed by atoms with Gasteiger partial charge < -0.3 is 10.8 Å². The van der Waals surface area contributed by atoms with Crippen LogP contribution in [0.1, 0.15) is 19.3 Å². The van der Waals surface area contributed by atoms with Crippen molar-refractivity contribution < 1.29 is 5.11 Å². The van der Waals surface area contributed by atoms with E-state index in [-0.39, 0.29) is 12.6 Å². The van der Waals surface area contributed by atoms with Gasteiger partial charge in [0.2, 0.25) is 0 Å². The largest absolute Gasteiger partial charge is 0.396 e. The van der Waals surface area contributed by atoms with Crippen LogP contribution in [0, 0.1) is 5.92 Å². The lowest BCUT2D eigenvalue weighted by Gasteiger charge is -2.05. The fourth-order valence-corrected chi connectivity index (χ4v) is 0.909. The lowest BCUT2D eigenvalue weighted by Crippen LogP contribution is -2.23. The molecule has 0 spiro atoms. The Morgan fingerprint density at radius 2 is 2.25 bits per heavy atom. The predicted octanol–water partition coefficient (Wildman–Crippen LogP) is 0.106. The maximum Gasteiger partial charge on any atom is 0.0445 e. The number of hydrogen-bond donors (Lipinski definition) is 2. The molecule has 1 aliphatic rings. The fraction of sp³-hybridized carbons (Fsp3) is 1.00. The molecule has 0 aromatic rings. The van der Waals surface area contributed by atoms with Crippen molar-refractivity contribution in [3.8, 4) is 0 Å². The zero-order valence-corrected chi connectivity index (χ0v) is 5.01. The van der Waals surface area contributed by atoms with Crippen molar-refractivity contribution in [3.05, 3.63) is 0 Å². The van der Waals surface area contributed by atoms with Gasteiger partial charge in [-0.1, -0.05) is 0 Å². The second-order valence-corrected chi connectivity index (χ2v) is 2.51. The number of rotatable bonds is 3. The topological polar surface area (TPSA) is 46.2 Å². The highest BCUT2D eigenvalue weighted by Crippen LogP contribution is 2.32. The van der Waals surface area contributed by atoms with Gasteiger partial charge in [0.1, 0.15) is 0 Å². The van der Waals surface area contributed by atoms with Crippen LogP contribution in [0.3, 0.4) is 0 Å². The van der Waals surface area contributed by atoms with E-state index in [2.05, 4.69) is 0 Å². The minimum atomic E-state index is 0.248. The standard InChI is InChI=1S/C6H13NO/c7-6(3-4-8)5-1-2-5/h5-6,8H,1-4,7H2/t6-/m1/s1. The Morgan fingerprint density at radius 3 is 2.62 bits per heavy atom. The van der Waals surface area contributed by atoms with E-state index in [0.717, 1.165) is 12.3 Å². The summed E-state index contributed by atoms with van der Waals surface area (Å²) in [7, 11) is 0. The summed E-state index contributed by atoms with van der Waals surface area (Å²) in [6.45, 7) is 0.248. The SMILES string of the molecule is N[C@H](CCO)C1CC1. The Hall–Kier alpha value is -0.0800. The molecule has 2 nitrogen and oxygen atoms in total. The van der Waals surface area contributed by atoms with Gasteiger partial charge in [0.25, 0.3) is 0 Å². The molecule has 3 N–H and O–H groups in total. The first-order chi connectivity index (χ1) is 3.84. The van der Waals surface area contributed by atoms with Gasteiger partial charge >= 0.3 is 0 Å². The van der Waals surface area contributed by atoms with Crippen LogP contribution in [0.4, 0.5) is 0 Å². The van der Waals surface area contributed by atoms with E-state index in [1.54, 1.807) is 0 Å². The van der Waals surface area contributed by atoms with Crippen molar-refractivity contribution in [2.75, 3.05) is 6.61 Å². The first-order valence-corrected chi connectivity index (χ1v) is 3.21. The maximum absolute atomic E-state index is 8.43. The normalized spacial score (nSPS) is 23.2. The van der Waals surface area contributed by atoms with E-state index >= 15 is 0 Å². The van der Waals surface area contributed by atoms with Gasteiger partial charge in [-0.05, 0) is 25.2 Å². The Morgan fingerprint density at radius 1 is 1.62 bits per heavy atom. The summed E-state index contributed by atoms with van der Waals surface area (Å²) in [6, 6.07) is 0.278. The highest BCUT2D eigenvalue weighted by Gasteiger charge is 2.27. The van der Waals surface area contributed by atoms with Crippen molar-refractivity contribution in [2.24, 2.45) is 11.7 Å². The smallest absolute Gasteiger partial charge is 0.0445 e. The van der Waals surface area contributed by atoms with Crippen LogP contribution in [0.15, 0.2) is 0 Å². The molecule has 0 aliphatic heterocycles. The maximum atomic E-state index is 8.43. The zero-order valence-electron chi connectivity index (χ0n) is 5.01. The molecule has 1 aliphatic carbocycles. The van der Waals surface area contributed by atoms with Crippen molar-refractivity contribution in [2.45, 2.75) is 25.3 Å². The molecule has 0 aromatic heterocycles. The second-order valence-electron chi connectivity index (χ2n) is 2.51. The van der Waals surface area contributed by atoms with E-state index in [1.165, 1.54) is 12.8 Å². The van der Waals surface area contributed by atoms with Crippen molar-refractivity contribution in [1.82, 2.24) is 0 Å². The molecular weight excluding hydrogens is 102 g/mol. The molecule has 0 amide bonds. The summed E-state index contributed by atoms with van der Waals surface area (Å²) in [4.78, 5) is 0. The molecule has 0 radical (unpaired) electrons. The van der Waals surface area contributed by atoms with E-state index in [9.17, 15) is 0 Å². The third-order valence-electron chi connectivity index (χ3n) is 1.69. The van der Waals surface area contributed by atoms with Crippen molar-refractivity contribution in [1.29, 1.82) is 0 Å². The Labute approximate surface area is 49.7 Å².